The van der Waals surface area contributed by atoms with Crippen molar-refractivity contribution in [1.82, 2.24) is 4.90 Å². The lowest BCUT2D eigenvalue weighted by molar-refractivity contribution is -0.137. The van der Waals surface area contributed by atoms with Gasteiger partial charge in [0, 0.05) is 37.1 Å². The number of anilines is 1. The van der Waals surface area contributed by atoms with E-state index in [0.29, 0.717) is 35.7 Å². The lowest BCUT2D eigenvalue weighted by Crippen LogP contribution is -2.43. The van der Waals surface area contributed by atoms with Crippen LogP contribution >= 0.6 is 0 Å². The molecule has 1 aromatic carbocycles. The number of hydrogen-bond donors (Lipinski definition) is 1. The van der Waals surface area contributed by atoms with Crippen LogP contribution in [0.2, 0.25) is 0 Å². The molecule has 152 valence electrons. The van der Waals surface area contributed by atoms with Gasteiger partial charge in [0.15, 0.2) is 17.3 Å². The van der Waals surface area contributed by atoms with Gasteiger partial charge in [-0.2, -0.15) is 0 Å². The van der Waals surface area contributed by atoms with Gasteiger partial charge in [-0.1, -0.05) is 13.8 Å². The summed E-state index contributed by atoms with van der Waals surface area (Å²) in [5.41, 5.74) is 0.833. The van der Waals surface area contributed by atoms with Crippen LogP contribution in [-0.4, -0.2) is 42.4 Å². The van der Waals surface area contributed by atoms with E-state index in [4.69, 9.17) is 9.47 Å². The van der Waals surface area contributed by atoms with Crippen LogP contribution in [0.15, 0.2) is 12.1 Å². The number of benzene rings is 1. The fourth-order valence-electron chi connectivity index (χ4n) is 3.72. The zero-order valence-electron chi connectivity index (χ0n) is 16.7. The SMILES string of the molecule is CCC(C)C(=O)N1CCCC(CC(=O)Nc2cc3c(cc2C(C)=O)OCO3)C1. The first kappa shape index (κ1) is 20.2. The Hall–Kier alpha value is -2.57. The summed E-state index contributed by atoms with van der Waals surface area (Å²) in [4.78, 5) is 38.9. The van der Waals surface area contributed by atoms with Crippen molar-refractivity contribution in [3.8, 4) is 11.5 Å². The highest BCUT2D eigenvalue weighted by atomic mass is 16.7. The predicted octanol–water partition coefficient (Wildman–Crippen LogP) is 3.23. The Bertz CT molecular complexity index is 776. The summed E-state index contributed by atoms with van der Waals surface area (Å²) in [5, 5.41) is 2.85. The molecule has 7 heteroatoms. The molecular weight excluding hydrogens is 360 g/mol. The molecule has 0 saturated carbocycles. The van der Waals surface area contributed by atoms with Crippen molar-refractivity contribution in [2.75, 3.05) is 25.2 Å². The summed E-state index contributed by atoms with van der Waals surface area (Å²) in [6.45, 7) is 6.88. The fourth-order valence-corrected chi connectivity index (χ4v) is 3.72. The molecule has 2 unspecified atom stereocenters. The second-order valence-corrected chi connectivity index (χ2v) is 7.66. The highest BCUT2D eigenvalue weighted by Gasteiger charge is 2.28. The minimum absolute atomic E-state index is 0.0133. The number of hydrogen-bond acceptors (Lipinski definition) is 5. The third kappa shape index (κ3) is 4.46. The van der Waals surface area contributed by atoms with Crippen LogP contribution in [0.1, 0.15) is 56.8 Å². The van der Waals surface area contributed by atoms with Crippen molar-refractivity contribution in [3.05, 3.63) is 17.7 Å². The second kappa shape index (κ2) is 8.63. The molecule has 1 saturated heterocycles. The molecule has 7 nitrogen and oxygen atoms in total. The maximum absolute atomic E-state index is 12.6. The van der Waals surface area contributed by atoms with Crippen molar-refractivity contribution in [1.29, 1.82) is 0 Å². The molecule has 0 bridgehead atoms. The van der Waals surface area contributed by atoms with E-state index in [1.165, 1.54) is 6.92 Å². The minimum Gasteiger partial charge on any atom is -0.454 e. The maximum atomic E-state index is 12.6. The lowest BCUT2D eigenvalue weighted by atomic mass is 9.93. The van der Waals surface area contributed by atoms with Crippen LogP contribution in [-0.2, 0) is 9.59 Å². The molecule has 2 aliphatic heterocycles. The van der Waals surface area contributed by atoms with Crippen molar-refractivity contribution >= 4 is 23.3 Å². The predicted molar refractivity (Wildman–Crippen MR) is 105 cm³/mol. The molecule has 1 N–H and O–H groups in total. The Morgan fingerprint density at radius 3 is 2.64 bits per heavy atom. The number of Topliss-reactive ketones (excluding diaryl/α,β-unsaturated/α-hetero) is 1. The van der Waals surface area contributed by atoms with Gasteiger partial charge >= 0.3 is 0 Å². The topological polar surface area (TPSA) is 84.9 Å². The summed E-state index contributed by atoms with van der Waals surface area (Å²) >= 11 is 0. The van der Waals surface area contributed by atoms with Crippen LogP contribution in [0.3, 0.4) is 0 Å². The fraction of sp³-hybridized carbons (Fsp3) is 0.571. The van der Waals surface area contributed by atoms with Crippen molar-refractivity contribution < 1.29 is 23.9 Å². The van der Waals surface area contributed by atoms with E-state index < -0.39 is 0 Å². The van der Waals surface area contributed by atoms with Crippen molar-refractivity contribution in [2.45, 2.75) is 46.5 Å². The van der Waals surface area contributed by atoms with Crippen LogP contribution in [0.25, 0.3) is 0 Å². The molecule has 28 heavy (non-hydrogen) atoms. The summed E-state index contributed by atoms with van der Waals surface area (Å²) in [6, 6.07) is 3.24. The van der Waals surface area contributed by atoms with Gasteiger partial charge in [-0.15, -0.1) is 0 Å². The number of nitrogens with zero attached hydrogens (tertiary/aromatic N) is 1. The minimum atomic E-state index is -0.163. The highest BCUT2D eigenvalue weighted by Crippen LogP contribution is 2.37. The van der Waals surface area contributed by atoms with Crippen LogP contribution in [0.4, 0.5) is 5.69 Å². The number of ether oxygens (including phenoxy) is 2. The lowest BCUT2D eigenvalue weighted by Gasteiger charge is -2.34. The van der Waals surface area contributed by atoms with Gasteiger partial charge in [-0.25, -0.2) is 0 Å². The number of piperidine rings is 1. The van der Waals surface area contributed by atoms with Gasteiger partial charge in [0.2, 0.25) is 18.6 Å². The van der Waals surface area contributed by atoms with Gasteiger partial charge in [-0.05, 0) is 38.2 Å². The molecule has 2 aliphatic rings. The van der Waals surface area contributed by atoms with Crippen LogP contribution in [0, 0.1) is 11.8 Å². The number of nitrogens with one attached hydrogen (secondary N) is 1. The Morgan fingerprint density at radius 2 is 1.96 bits per heavy atom. The Labute approximate surface area is 165 Å². The van der Waals surface area contributed by atoms with E-state index >= 15 is 0 Å². The van der Waals surface area contributed by atoms with Crippen molar-refractivity contribution in [2.24, 2.45) is 11.8 Å². The number of carbonyl (C=O) groups excluding carboxylic acids is 3. The second-order valence-electron chi connectivity index (χ2n) is 7.66. The molecule has 1 aromatic rings. The molecule has 0 aliphatic carbocycles. The number of rotatable bonds is 6. The Balaban J connectivity index is 1.64. The molecule has 3 rings (SSSR count). The van der Waals surface area contributed by atoms with Gasteiger partial charge in [0.1, 0.15) is 0 Å². The van der Waals surface area contributed by atoms with E-state index in [9.17, 15) is 14.4 Å². The van der Waals surface area contributed by atoms with E-state index in [1.54, 1.807) is 12.1 Å². The molecule has 1 fully saturated rings. The average Bonchev–Trinajstić information content (AvgIpc) is 3.13. The quantitative estimate of drug-likeness (QED) is 0.756. The smallest absolute Gasteiger partial charge is 0.231 e. The molecular formula is C21H28N2O5. The van der Waals surface area contributed by atoms with Crippen LogP contribution in [0.5, 0.6) is 11.5 Å². The average molecular weight is 388 g/mol. The Morgan fingerprint density at radius 1 is 1.25 bits per heavy atom. The molecule has 0 aromatic heterocycles. The summed E-state index contributed by atoms with van der Waals surface area (Å²) in [7, 11) is 0. The largest absolute Gasteiger partial charge is 0.454 e. The summed E-state index contributed by atoms with van der Waals surface area (Å²) < 4.78 is 10.7. The van der Waals surface area contributed by atoms with E-state index in [0.717, 1.165) is 25.8 Å². The first-order valence-electron chi connectivity index (χ1n) is 9.92. The maximum Gasteiger partial charge on any atom is 0.231 e. The third-order valence-corrected chi connectivity index (χ3v) is 5.50. The third-order valence-electron chi connectivity index (χ3n) is 5.50. The molecule has 2 heterocycles. The molecule has 2 atom stereocenters. The normalized spacial score (nSPS) is 19.2. The number of likely N-dealkylation sites (tertiary alicyclic amines) is 1. The van der Waals surface area contributed by atoms with E-state index in [-0.39, 0.29) is 36.2 Å². The number of fused-ring (bicyclic) bond motifs is 1. The number of carbonyl (C=O) groups is 3. The van der Waals surface area contributed by atoms with Gasteiger partial charge in [0.05, 0.1) is 5.69 Å². The Kier molecular flexibility index (Phi) is 6.21. The first-order valence-corrected chi connectivity index (χ1v) is 9.92. The zero-order chi connectivity index (χ0) is 20.3. The molecule has 0 spiro atoms. The monoisotopic (exact) mass is 388 g/mol. The summed E-state index contributed by atoms with van der Waals surface area (Å²) in [5.74, 6) is 1.01. The van der Waals surface area contributed by atoms with Gasteiger partial charge in [-0.3, -0.25) is 14.4 Å². The summed E-state index contributed by atoms with van der Waals surface area (Å²) in [6.07, 6.45) is 2.95. The first-order chi connectivity index (χ1) is 13.4. The van der Waals surface area contributed by atoms with Crippen molar-refractivity contribution in [3.63, 3.8) is 0 Å². The number of amides is 2. The van der Waals surface area contributed by atoms with Gasteiger partial charge in [0.25, 0.3) is 0 Å². The van der Waals surface area contributed by atoms with Gasteiger partial charge < -0.3 is 19.7 Å². The zero-order valence-corrected chi connectivity index (χ0v) is 16.7. The standard InChI is InChI=1S/C21H28N2O5/c1-4-13(2)21(26)23-7-5-6-15(11-23)8-20(25)22-17-10-19-18(27-12-28-19)9-16(17)14(3)24/h9-10,13,15H,4-8,11-12H2,1-3H3,(H,22,25). The van der Waals surface area contributed by atoms with E-state index in [1.807, 2.05) is 18.7 Å². The van der Waals surface area contributed by atoms with E-state index in [2.05, 4.69) is 5.32 Å². The molecule has 0 radical (unpaired) electrons. The molecule has 2 amide bonds. The van der Waals surface area contributed by atoms with Crippen LogP contribution < -0.4 is 14.8 Å². The number of ketones is 1. The highest BCUT2D eigenvalue weighted by molar-refractivity contribution is 6.04.